The van der Waals surface area contributed by atoms with Crippen LogP contribution in [0.2, 0.25) is 10.0 Å². The SMILES string of the molecule is CCOC(=O)c1c(Nc2cccc(Cl)c2)oc(/C=N\NC(N)=S)c1Cl. The largest absolute Gasteiger partial charge is 0.462 e. The van der Waals surface area contributed by atoms with Crippen LogP contribution in [0, 0.1) is 0 Å². The first-order valence-electron chi connectivity index (χ1n) is 7.02. The average molecular weight is 401 g/mol. The minimum Gasteiger partial charge on any atom is -0.462 e. The van der Waals surface area contributed by atoms with Crippen LogP contribution < -0.4 is 16.5 Å². The maximum absolute atomic E-state index is 12.2. The van der Waals surface area contributed by atoms with Gasteiger partial charge < -0.3 is 20.2 Å². The third-order valence-electron chi connectivity index (χ3n) is 2.79. The summed E-state index contributed by atoms with van der Waals surface area (Å²) in [4.78, 5) is 12.2. The Kier molecular flexibility index (Phi) is 6.63. The molecular formula is C15H14Cl2N4O3S. The fourth-order valence-electron chi connectivity index (χ4n) is 1.84. The number of nitrogens with zero attached hydrogens (tertiary/aromatic N) is 1. The Hall–Kier alpha value is -2.29. The van der Waals surface area contributed by atoms with Gasteiger partial charge >= 0.3 is 5.97 Å². The van der Waals surface area contributed by atoms with Gasteiger partial charge in [0.2, 0.25) is 5.88 Å². The predicted octanol–water partition coefficient (Wildman–Crippen LogP) is 3.67. The molecular weight excluding hydrogens is 387 g/mol. The van der Waals surface area contributed by atoms with Gasteiger partial charge in [-0.25, -0.2) is 4.79 Å². The highest BCUT2D eigenvalue weighted by atomic mass is 35.5. The number of nitrogens with one attached hydrogen (secondary N) is 2. The van der Waals surface area contributed by atoms with Gasteiger partial charge in [0.25, 0.3) is 0 Å². The van der Waals surface area contributed by atoms with E-state index in [9.17, 15) is 4.79 Å². The molecule has 0 saturated heterocycles. The summed E-state index contributed by atoms with van der Waals surface area (Å²) in [6.07, 6.45) is 1.24. The lowest BCUT2D eigenvalue weighted by atomic mass is 10.2. The second kappa shape index (κ2) is 8.70. The van der Waals surface area contributed by atoms with E-state index in [2.05, 4.69) is 28.1 Å². The number of ether oxygens (including phenoxy) is 1. The first kappa shape index (κ1) is 19.0. The molecule has 0 bridgehead atoms. The summed E-state index contributed by atoms with van der Waals surface area (Å²) < 4.78 is 10.6. The summed E-state index contributed by atoms with van der Waals surface area (Å²) >= 11 is 16.8. The number of furan rings is 1. The van der Waals surface area contributed by atoms with E-state index in [0.29, 0.717) is 10.7 Å². The molecule has 2 aromatic rings. The first-order valence-corrected chi connectivity index (χ1v) is 8.19. The predicted molar refractivity (Wildman–Crippen MR) is 102 cm³/mol. The van der Waals surface area contributed by atoms with Crippen LogP contribution in [-0.4, -0.2) is 23.9 Å². The zero-order valence-corrected chi connectivity index (χ0v) is 15.3. The van der Waals surface area contributed by atoms with Crippen molar-refractivity contribution in [1.29, 1.82) is 0 Å². The molecule has 0 radical (unpaired) electrons. The zero-order chi connectivity index (χ0) is 18.4. The third kappa shape index (κ3) is 5.09. The summed E-state index contributed by atoms with van der Waals surface area (Å²) in [7, 11) is 0. The van der Waals surface area contributed by atoms with Crippen LogP contribution in [0.3, 0.4) is 0 Å². The minimum absolute atomic E-state index is 0.0261. The van der Waals surface area contributed by atoms with Gasteiger partial charge in [0.05, 0.1) is 12.8 Å². The number of nitrogens with two attached hydrogens (primary N) is 1. The molecule has 1 aromatic carbocycles. The highest BCUT2D eigenvalue weighted by Gasteiger charge is 2.25. The minimum atomic E-state index is -0.636. The lowest BCUT2D eigenvalue weighted by Crippen LogP contribution is -2.23. The van der Waals surface area contributed by atoms with Crippen LogP contribution in [0.25, 0.3) is 0 Å². The van der Waals surface area contributed by atoms with Crippen molar-refractivity contribution < 1.29 is 13.9 Å². The van der Waals surface area contributed by atoms with Crippen molar-refractivity contribution in [3.8, 4) is 0 Å². The van der Waals surface area contributed by atoms with Crippen LogP contribution in [-0.2, 0) is 4.74 Å². The second-order valence-electron chi connectivity index (χ2n) is 4.57. The molecule has 10 heteroatoms. The fraction of sp³-hybridized carbons (Fsp3) is 0.133. The number of hydrazone groups is 1. The monoisotopic (exact) mass is 400 g/mol. The summed E-state index contributed by atoms with van der Waals surface area (Å²) in [5, 5.41) is 7.24. The summed E-state index contributed by atoms with van der Waals surface area (Å²) in [5.41, 5.74) is 8.29. The number of benzene rings is 1. The van der Waals surface area contributed by atoms with E-state index in [4.69, 9.17) is 38.1 Å². The van der Waals surface area contributed by atoms with Crippen molar-refractivity contribution in [2.75, 3.05) is 11.9 Å². The van der Waals surface area contributed by atoms with Crippen molar-refractivity contribution in [2.24, 2.45) is 10.8 Å². The summed E-state index contributed by atoms with van der Waals surface area (Å²) in [5.74, 6) is -0.414. The molecule has 25 heavy (non-hydrogen) atoms. The molecule has 4 N–H and O–H groups in total. The fourth-order valence-corrected chi connectivity index (χ4v) is 2.33. The molecule has 0 unspecified atom stereocenters. The van der Waals surface area contributed by atoms with Gasteiger partial charge in [-0.1, -0.05) is 29.3 Å². The normalized spacial score (nSPS) is 10.7. The maximum Gasteiger partial charge on any atom is 0.345 e. The molecule has 0 saturated carbocycles. The van der Waals surface area contributed by atoms with E-state index < -0.39 is 5.97 Å². The Labute approximate surface area is 159 Å². The van der Waals surface area contributed by atoms with Crippen LogP contribution in [0.5, 0.6) is 0 Å². The highest BCUT2D eigenvalue weighted by Crippen LogP contribution is 2.34. The smallest absolute Gasteiger partial charge is 0.345 e. The number of carbonyl (C=O) groups excluding carboxylic acids is 1. The van der Waals surface area contributed by atoms with Crippen LogP contribution in [0.1, 0.15) is 23.0 Å². The molecule has 132 valence electrons. The maximum atomic E-state index is 12.2. The molecule has 0 fully saturated rings. The second-order valence-corrected chi connectivity index (χ2v) is 5.83. The zero-order valence-electron chi connectivity index (χ0n) is 13.0. The molecule has 0 aliphatic carbocycles. The van der Waals surface area contributed by atoms with Gasteiger partial charge in [-0.2, -0.15) is 5.10 Å². The van der Waals surface area contributed by atoms with Crippen molar-refractivity contribution in [1.82, 2.24) is 5.43 Å². The molecule has 7 nitrogen and oxygen atoms in total. The van der Waals surface area contributed by atoms with E-state index in [0.717, 1.165) is 0 Å². The van der Waals surface area contributed by atoms with Gasteiger partial charge in [0.15, 0.2) is 10.9 Å². The topological polar surface area (TPSA) is 102 Å². The standard InChI is InChI=1S/C15H14Cl2N4O3S/c1-2-23-14(22)11-12(17)10(7-19-21-15(18)25)24-13(11)20-9-5-3-4-8(16)6-9/h3-7,20H,2H2,1H3,(H3,18,21,25)/b19-7-. The quantitative estimate of drug-likeness (QED) is 0.294. The number of esters is 1. The van der Waals surface area contributed by atoms with E-state index in [-0.39, 0.29) is 33.9 Å². The number of halogens is 2. The van der Waals surface area contributed by atoms with Crippen molar-refractivity contribution in [3.05, 3.63) is 45.6 Å². The van der Waals surface area contributed by atoms with E-state index >= 15 is 0 Å². The van der Waals surface area contributed by atoms with E-state index in [1.54, 1.807) is 31.2 Å². The van der Waals surface area contributed by atoms with Gasteiger partial charge in [-0.3, -0.25) is 5.43 Å². The number of rotatable bonds is 6. The van der Waals surface area contributed by atoms with Gasteiger partial charge in [0.1, 0.15) is 10.6 Å². The third-order valence-corrected chi connectivity index (χ3v) is 3.50. The Morgan fingerprint density at radius 1 is 1.48 bits per heavy atom. The number of anilines is 2. The number of hydrogen-bond acceptors (Lipinski definition) is 6. The molecule has 2 rings (SSSR count). The van der Waals surface area contributed by atoms with Gasteiger partial charge in [0, 0.05) is 10.7 Å². The lowest BCUT2D eigenvalue weighted by molar-refractivity contribution is 0.0527. The number of thiocarbonyl (C=S) groups is 1. The number of hydrogen-bond donors (Lipinski definition) is 3. The molecule has 1 aromatic heterocycles. The van der Waals surface area contributed by atoms with Crippen LogP contribution >= 0.6 is 35.4 Å². The Bertz CT molecular complexity index is 823. The number of carbonyl (C=O) groups is 1. The van der Waals surface area contributed by atoms with E-state index in [1.165, 1.54) is 6.21 Å². The van der Waals surface area contributed by atoms with Crippen molar-refractivity contribution in [2.45, 2.75) is 6.92 Å². The Morgan fingerprint density at radius 3 is 2.88 bits per heavy atom. The van der Waals surface area contributed by atoms with Crippen LogP contribution in [0.4, 0.5) is 11.6 Å². The Morgan fingerprint density at radius 2 is 2.24 bits per heavy atom. The van der Waals surface area contributed by atoms with Crippen LogP contribution in [0.15, 0.2) is 33.8 Å². The molecule has 0 spiro atoms. The average Bonchev–Trinajstić information content (AvgIpc) is 2.83. The van der Waals surface area contributed by atoms with Crippen molar-refractivity contribution in [3.63, 3.8) is 0 Å². The summed E-state index contributed by atoms with van der Waals surface area (Å²) in [6, 6.07) is 6.87. The first-order chi connectivity index (χ1) is 11.9. The van der Waals surface area contributed by atoms with Gasteiger partial charge in [-0.15, -0.1) is 0 Å². The molecule has 1 heterocycles. The molecule has 0 amide bonds. The van der Waals surface area contributed by atoms with Crippen molar-refractivity contribution >= 4 is 64.3 Å². The molecule has 0 aliphatic rings. The summed E-state index contributed by atoms with van der Waals surface area (Å²) in [6.45, 7) is 1.87. The lowest BCUT2D eigenvalue weighted by Gasteiger charge is -2.06. The van der Waals surface area contributed by atoms with E-state index in [1.807, 2.05) is 0 Å². The Balaban J connectivity index is 2.39. The van der Waals surface area contributed by atoms with Gasteiger partial charge in [-0.05, 0) is 37.3 Å². The highest BCUT2D eigenvalue weighted by molar-refractivity contribution is 7.80. The molecule has 0 aliphatic heterocycles. The molecule has 0 atom stereocenters.